The fourth-order valence-corrected chi connectivity index (χ4v) is 2.89. The summed E-state index contributed by atoms with van der Waals surface area (Å²) in [5.41, 5.74) is 1.29. The molecule has 0 bridgehead atoms. The molecular formula is C19H18N2O4. The van der Waals surface area contributed by atoms with Crippen LogP contribution in [0.15, 0.2) is 54.2 Å². The zero-order valence-electron chi connectivity index (χ0n) is 13.8. The van der Waals surface area contributed by atoms with E-state index in [4.69, 9.17) is 4.74 Å². The van der Waals surface area contributed by atoms with Crippen LogP contribution in [0, 0.1) is 0 Å². The molecule has 6 nitrogen and oxygen atoms in total. The lowest BCUT2D eigenvalue weighted by Crippen LogP contribution is -2.37. The SMILES string of the molecule is CCOC(=O)C1=C(O)c2cccnc2N(C(C=O)c2ccccc2)C1. The number of pyridine rings is 1. The van der Waals surface area contributed by atoms with E-state index in [1.807, 2.05) is 30.3 Å². The van der Waals surface area contributed by atoms with Crippen LogP contribution in [0.5, 0.6) is 0 Å². The van der Waals surface area contributed by atoms with E-state index in [1.54, 1.807) is 30.2 Å². The van der Waals surface area contributed by atoms with Gasteiger partial charge < -0.3 is 19.5 Å². The Bertz CT molecular complexity index is 817. The number of rotatable bonds is 5. The van der Waals surface area contributed by atoms with Gasteiger partial charge in [-0.05, 0) is 24.6 Å². The number of carbonyl (C=O) groups excluding carboxylic acids is 2. The Morgan fingerprint density at radius 3 is 2.76 bits per heavy atom. The monoisotopic (exact) mass is 338 g/mol. The molecule has 25 heavy (non-hydrogen) atoms. The fourth-order valence-electron chi connectivity index (χ4n) is 2.89. The molecule has 0 amide bonds. The Morgan fingerprint density at radius 2 is 2.08 bits per heavy atom. The second-order valence-corrected chi connectivity index (χ2v) is 5.54. The summed E-state index contributed by atoms with van der Waals surface area (Å²) in [6.07, 6.45) is 2.39. The van der Waals surface area contributed by atoms with Crippen molar-refractivity contribution in [1.29, 1.82) is 0 Å². The minimum atomic E-state index is -0.632. The van der Waals surface area contributed by atoms with E-state index >= 15 is 0 Å². The lowest BCUT2D eigenvalue weighted by Gasteiger charge is -2.34. The minimum Gasteiger partial charge on any atom is -0.507 e. The molecule has 1 aliphatic rings. The summed E-state index contributed by atoms with van der Waals surface area (Å²) in [5.74, 6) is -0.304. The van der Waals surface area contributed by atoms with Gasteiger partial charge in [0.2, 0.25) is 0 Å². The van der Waals surface area contributed by atoms with Gasteiger partial charge in [-0.15, -0.1) is 0 Å². The predicted octanol–water partition coefficient (Wildman–Crippen LogP) is 2.67. The smallest absolute Gasteiger partial charge is 0.339 e. The molecule has 1 unspecified atom stereocenters. The highest BCUT2D eigenvalue weighted by molar-refractivity contribution is 6.00. The van der Waals surface area contributed by atoms with E-state index < -0.39 is 12.0 Å². The Hall–Kier alpha value is -3.15. The number of benzene rings is 1. The van der Waals surface area contributed by atoms with Crippen LogP contribution in [-0.4, -0.2) is 35.5 Å². The minimum absolute atomic E-state index is 0.0347. The van der Waals surface area contributed by atoms with Crippen molar-refractivity contribution in [3.05, 3.63) is 65.4 Å². The van der Waals surface area contributed by atoms with Crippen molar-refractivity contribution in [2.24, 2.45) is 0 Å². The Labute approximate surface area is 145 Å². The van der Waals surface area contributed by atoms with Gasteiger partial charge in [-0.2, -0.15) is 0 Å². The van der Waals surface area contributed by atoms with Gasteiger partial charge in [0, 0.05) is 6.20 Å². The standard InChI is InChI=1S/C19H18N2O4/c1-2-25-19(24)15-11-21(16(12-22)13-7-4-3-5-8-13)18-14(17(15)23)9-6-10-20-18/h3-10,12,16,23H,2,11H2,1H3. The molecular weight excluding hydrogens is 320 g/mol. The van der Waals surface area contributed by atoms with Crippen LogP contribution in [0.4, 0.5) is 5.82 Å². The normalized spacial score (nSPS) is 14.7. The highest BCUT2D eigenvalue weighted by atomic mass is 16.5. The van der Waals surface area contributed by atoms with Crippen molar-refractivity contribution in [1.82, 2.24) is 4.98 Å². The second kappa shape index (κ2) is 7.17. The summed E-state index contributed by atoms with van der Waals surface area (Å²) >= 11 is 0. The Kier molecular flexibility index (Phi) is 4.79. The number of aliphatic hydroxyl groups is 1. The van der Waals surface area contributed by atoms with Crippen molar-refractivity contribution < 1.29 is 19.4 Å². The predicted molar refractivity (Wildman–Crippen MR) is 93.0 cm³/mol. The van der Waals surface area contributed by atoms with Crippen molar-refractivity contribution in [2.75, 3.05) is 18.1 Å². The molecule has 0 saturated carbocycles. The molecule has 2 aromatic rings. The molecule has 0 radical (unpaired) electrons. The number of anilines is 1. The van der Waals surface area contributed by atoms with Gasteiger partial charge in [-0.1, -0.05) is 30.3 Å². The molecule has 0 spiro atoms. The number of carbonyl (C=O) groups is 2. The number of nitrogens with zero attached hydrogens (tertiary/aromatic N) is 2. The lowest BCUT2D eigenvalue weighted by atomic mass is 9.99. The maximum Gasteiger partial charge on any atom is 0.339 e. The number of aromatic nitrogens is 1. The first-order chi connectivity index (χ1) is 12.2. The quantitative estimate of drug-likeness (QED) is 0.667. The summed E-state index contributed by atoms with van der Waals surface area (Å²) in [7, 11) is 0. The first-order valence-corrected chi connectivity index (χ1v) is 7.98. The maximum atomic E-state index is 12.2. The molecule has 1 aromatic heterocycles. The third kappa shape index (κ3) is 3.10. The third-order valence-electron chi connectivity index (χ3n) is 4.06. The van der Waals surface area contributed by atoms with Crippen LogP contribution in [0.3, 0.4) is 0 Å². The highest BCUT2D eigenvalue weighted by Crippen LogP contribution is 2.36. The van der Waals surface area contributed by atoms with Gasteiger partial charge in [0.15, 0.2) is 0 Å². The molecule has 0 aliphatic carbocycles. The summed E-state index contributed by atoms with van der Waals surface area (Å²) < 4.78 is 5.04. The van der Waals surface area contributed by atoms with E-state index in [9.17, 15) is 14.7 Å². The van der Waals surface area contributed by atoms with Gasteiger partial charge in [-0.25, -0.2) is 9.78 Å². The van der Waals surface area contributed by atoms with E-state index in [0.717, 1.165) is 11.8 Å². The highest BCUT2D eigenvalue weighted by Gasteiger charge is 2.34. The zero-order chi connectivity index (χ0) is 17.8. The van der Waals surface area contributed by atoms with Crippen molar-refractivity contribution in [3.63, 3.8) is 0 Å². The molecule has 2 heterocycles. The van der Waals surface area contributed by atoms with Gasteiger partial charge in [0.05, 0.1) is 24.3 Å². The molecule has 6 heteroatoms. The largest absolute Gasteiger partial charge is 0.507 e. The topological polar surface area (TPSA) is 79.7 Å². The summed E-state index contributed by atoms with van der Waals surface area (Å²) in [5, 5.41) is 10.5. The van der Waals surface area contributed by atoms with E-state index in [2.05, 4.69) is 4.98 Å². The van der Waals surface area contributed by atoms with Crippen molar-refractivity contribution in [3.8, 4) is 0 Å². The summed E-state index contributed by atoms with van der Waals surface area (Å²) in [4.78, 5) is 30.1. The van der Waals surface area contributed by atoms with Crippen molar-refractivity contribution >= 4 is 23.8 Å². The van der Waals surface area contributed by atoms with E-state index in [-0.39, 0.29) is 24.5 Å². The number of esters is 1. The fraction of sp³-hybridized carbons (Fsp3) is 0.211. The molecule has 1 aliphatic heterocycles. The van der Waals surface area contributed by atoms with Gasteiger partial charge in [-0.3, -0.25) is 0 Å². The molecule has 0 fully saturated rings. The third-order valence-corrected chi connectivity index (χ3v) is 4.06. The van der Waals surface area contributed by atoms with Crippen LogP contribution in [0.25, 0.3) is 5.76 Å². The van der Waals surface area contributed by atoms with Gasteiger partial charge >= 0.3 is 5.97 Å². The average molecular weight is 338 g/mol. The number of hydrogen-bond donors (Lipinski definition) is 1. The van der Waals surface area contributed by atoms with Gasteiger partial charge in [0.1, 0.15) is 23.9 Å². The maximum absolute atomic E-state index is 12.2. The van der Waals surface area contributed by atoms with Crippen LogP contribution >= 0.6 is 0 Å². The second-order valence-electron chi connectivity index (χ2n) is 5.54. The number of aliphatic hydroxyl groups excluding tert-OH is 1. The van der Waals surface area contributed by atoms with Crippen LogP contribution in [-0.2, 0) is 14.3 Å². The van der Waals surface area contributed by atoms with Crippen LogP contribution < -0.4 is 4.90 Å². The number of ether oxygens (including phenoxy) is 1. The first kappa shape index (κ1) is 16.7. The molecule has 0 saturated heterocycles. The number of hydrogen-bond acceptors (Lipinski definition) is 6. The van der Waals surface area contributed by atoms with E-state index in [0.29, 0.717) is 11.4 Å². The van der Waals surface area contributed by atoms with Crippen LogP contribution in [0.1, 0.15) is 24.1 Å². The Morgan fingerprint density at radius 1 is 1.32 bits per heavy atom. The van der Waals surface area contributed by atoms with Crippen LogP contribution in [0.2, 0.25) is 0 Å². The van der Waals surface area contributed by atoms with E-state index in [1.165, 1.54) is 0 Å². The molecule has 1 N–H and O–H groups in total. The van der Waals surface area contributed by atoms with Crippen molar-refractivity contribution in [2.45, 2.75) is 13.0 Å². The Balaban J connectivity index is 2.09. The lowest BCUT2D eigenvalue weighted by molar-refractivity contribution is -0.138. The molecule has 128 valence electrons. The molecule has 3 rings (SSSR count). The summed E-state index contributed by atoms with van der Waals surface area (Å²) in [6, 6.07) is 11.9. The molecule has 1 atom stereocenters. The first-order valence-electron chi connectivity index (χ1n) is 7.98. The zero-order valence-corrected chi connectivity index (χ0v) is 13.8. The average Bonchev–Trinajstić information content (AvgIpc) is 2.65. The number of aldehydes is 1. The molecule has 1 aromatic carbocycles. The summed E-state index contributed by atoms with van der Waals surface area (Å²) in [6.45, 7) is 1.93. The number of fused-ring (bicyclic) bond motifs is 1. The van der Waals surface area contributed by atoms with Gasteiger partial charge in [0.25, 0.3) is 0 Å².